The molecule has 0 N–H and O–H groups in total. The number of rotatable bonds is 6. The highest BCUT2D eigenvalue weighted by atomic mass is 35.5. The van der Waals surface area contributed by atoms with Gasteiger partial charge in [-0.1, -0.05) is 43.9 Å². The van der Waals surface area contributed by atoms with Crippen LogP contribution in [-0.4, -0.2) is 47.5 Å². The molecule has 2 bridgehead atoms. The van der Waals surface area contributed by atoms with Crippen molar-refractivity contribution >= 4 is 25.5 Å². The fraction of sp³-hybridized carbons (Fsp3) is 0.552. The van der Waals surface area contributed by atoms with E-state index >= 15 is 0 Å². The number of anilines is 1. The molecular weight excluding hydrogens is 514 g/mol. The Morgan fingerprint density at radius 3 is 2.68 bits per heavy atom. The van der Waals surface area contributed by atoms with Gasteiger partial charge in [-0.3, -0.25) is 0 Å². The van der Waals surface area contributed by atoms with E-state index in [4.69, 9.17) is 36.1 Å². The van der Waals surface area contributed by atoms with Gasteiger partial charge in [0.15, 0.2) is 0 Å². The third-order valence-corrected chi connectivity index (χ3v) is 10.7. The van der Waals surface area contributed by atoms with Crippen LogP contribution in [-0.2, 0) is 34.8 Å². The molecule has 2 aliphatic heterocycles. The lowest BCUT2D eigenvalue weighted by atomic mass is 9.84. The Hall–Kier alpha value is -2.26. The highest BCUT2D eigenvalue weighted by Gasteiger charge is 2.50. The van der Waals surface area contributed by atoms with Crippen molar-refractivity contribution in [2.24, 2.45) is 11.8 Å². The molecule has 0 amide bonds. The molecule has 2 fully saturated rings. The lowest BCUT2D eigenvalue weighted by molar-refractivity contribution is -0.0404. The number of aromatic nitrogens is 4. The van der Waals surface area contributed by atoms with Crippen molar-refractivity contribution in [3.8, 4) is 11.3 Å². The fourth-order valence-corrected chi connectivity index (χ4v) is 7.90. The third kappa shape index (κ3) is 4.20. The molecule has 200 valence electrons. The van der Waals surface area contributed by atoms with Gasteiger partial charge < -0.3 is 14.4 Å². The Labute approximate surface area is 230 Å². The van der Waals surface area contributed by atoms with Crippen LogP contribution in [0.4, 0.5) is 5.82 Å². The second-order valence-electron chi connectivity index (χ2n) is 12.8. The molecule has 7 nitrogen and oxygen atoms in total. The number of hydrogen-bond donors (Lipinski definition) is 0. The molecular formula is C29H36ClN5O2Si. The molecule has 3 atom stereocenters. The predicted molar refractivity (Wildman–Crippen MR) is 151 cm³/mol. The maximum absolute atomic E-state index is 6.89. The highest BCUT2D eigenvalue weighted by Crippen LogP contribution is 2.53. The van der Waals surface area contributed by atoms with E-state index in [-0.39, 0.29) is 0 Å². The molecule has 2 aliphatic carbocycles. The van der Waals surface area contributed by atoms with E-state index in [1.807, 2.05) is 4.68 Å². The molecule has 1 saturated carbocycles. The van der Waals surface area contributed by atoms with Crippen molar-refractivity contribution in [1.29, 1.82) is 0 Å². The van der Waals surface area contributed by atoms with Crippen molar-refractivity contribution < 1.29 is 9.47 Å². The van der Waals surface area contributed by atoms with E-state index in [0.717, 1.165) is 77.0 Å². The minimum absolute atomic E-state index is 0.326. The molecule has 1 spiro atoms. The van der Waals surface area contributed by atoms with Gasteiger partial charge in [-0.15, -0.1) is 0 Å². The fourth-order valence-electron chi connectivity index (χ4n) is 6.96. The molecule has 0 radical (unpaired) electrons. The quantitative estimate of drug-likeness (QED) is 0.217. The second-order valence-corrected chi connectivity index (χ2v) is 18.8. The van der Waals surface area contributed by atoms with Gasteiger partial charge >= 0.3 is 0 Å². The van der Waals surface area contributed by atoms with Crippen LogP contribution >= 0.6 is 11.6 Å². The Morgan fingerprint density at radius 2 is 1.89 bits per heavy atom. The zero-order valence-electron chi connectivity index (χ0n) is 22.5. The molecule has 3 aromatic rings. The average molecular weight is 550 g/mol. The largest absolute Gasteiger partial charge is 0.360 e. The lowest BCUT2D eigenvalue weighted by Gasteiger charge is -2.39. The van der Waals surface area contributed by atoms with Crippen LogP contribution in [0, 0.1) is 11.8 Å². The van der Waals surface area contributed by atoms with Crippen molar-refractivity contribution in [2.45, 2.75) is 70.3 Å². The van der Waals surface area contributed by atoms with Crippen molar-refractivity contribution in [1.82, 2.24) is 19.7 Å². The van der Waals surface area contributed by atoms with Gasteiger partial charge in [0.2, 0.25) is 5.28 Å². The number of nitrogens with zero attached hydrogens (tertiary/aromatic N) is 5. The lowest BCUT2D eigenvalue weighted by Crippen LogP contribution is -2.40. The topological polar surface area (TPSA) is 65.3 Å². The van der Waals surface area contributed by atoms with Crippen LogP contribution in [0.15, 0.2) is 30.5 Å². The van der Waals surface area contributed by atoms with Gasteiger partial charge in [0.25, 0.3) is 0 Å². The van der Waals surface area contributed by atoms with E-state index in [1.165, 1.54) is 19.3 Å². The number of piperidine rings is 1. The average Bonchev–Trinajstić information content (AvgIpc) is 3.53. The molecule has 4 heterocycles. The number of halogens is 1. The number of benzene rings is 1. The van der Waals surface area contributed by atoms with E-state index in [2.05, 4.69) is 55.0 Å². The van der Waals surface area contributed by atoms with Gasteiger partial charge in [-0.05, 0) is 54.3 Å². The molecule has 2 aromatic heterocycles. The predicted octanol–water partition coefficient (Wildman–Crippen LogP) is 5.87. The summed E-state index contributed by atoms with van der Waals surface area (Å²) in [6, 6.07) is 9.61. The zero-order chi connectivity index (χ0) is 26.1. The van der Waals surface area contributed by atoms with E-state index in [1.54, 1.807) is 0 Å². The van der Waals surface area contributed by atoms with Crippen LogP contribution in [0.3, 0.4) is 0 Å². The summed E-state index contributed by atoms with van der Waals surface area (Å²) >= 11 is 6.57. The first-order valence-electron chi connectivity index (χ1n) is 14.0. The molecule has 38 heavy (non-hydrogen) atoms. The van der Waals surface area contributed by atoms with Crippen LogP contribution in [0.2, 0.25) is 31.0 Å². The molecule has 4 aliphatic rings. The SMILES string of the molecule is C[Si](C)(C)CCOCn1cc2c(n1)-c1ccccc1C21Cc2nc(Cl)nc(N3C[C@@H]4CC[C@@H](C4)C3)c2CO1. The van der Waals surface area contributed by atoms with E-state index < -0.39 is 13.7 Å². The summed E-state index contributed by atoms with van der Waals surface area (Å²) in [5.74, 6) is 2.50. The standard InChI is InChI=1S/C29H36ClN5O2Si/c1-38(2,3)11-10-36-18-35-16-24-26(33-35)21-6-4-5-7-23(21)29(24)13-25-22(17-37-29)27(32-28(30)31-25)34-14-19-8-9-20(12-19)15-34/h4-7,16,19-20H,8-15,17-18H2,1-3H3/t19-,20+,29?. The number of hydrogen-bond acceptors (Lipinski definition) is 6. The van der Waals surface area contributed by atoms with E-state index in [9.17, 15) is 0 Å². The Morgan fingerprint density at radius 1 is 1.11 bits per heavy atom. The molecule has 1 saturated heterocycles. The summed E-state index contributed by atoms with van der Waals surface area (Å²) in [4.78, 5) is 12.0. The molecule has 1 aromatic carbocycles. The van der Waals surface area contributed by atoms with Gasteiger partial charge in [-0.2, -0.15) is 5.10 Å². The number of fused-ring (bicyclic) bond motifs is 8. The normalized spacial score (nSPS) is 25.5. The third-order valence-electron chi connectivity index (χ3n) is 8.86. The minimum Gasteiger partial charge on any atom is -0.360 e. The number of ether oxygens (including phenoxy) is 2. The van der Waals surface area contributed by atoms with Crippen LogP contribution in [0.5, 0.6) is 0 Å². The smallest absolute Gasteiger partial charge is 0.224 e. The first kappa shape index (κ1) is 24.8. The second kappa shape index (κ2) is 9.15. The van der Waals surface area contributed by atoms with E-state index in [0.29, 0.717) is 25.0 Å². The Balaban J connectivity index is 1.22. The summed E-state index contributed by atoms with van der Waals surface area (Å²) in [6.45, 7) is 10.9. The summed E-state index contributed by atoms with van der Waals surface area (Å²) in [7, 11) is -1.14. The zero-order valence-corrected chi connectivity index (χ0v) is 24.3. The van der Waals surface area contributed by atoms with Gasteiger partial charge in [-0.25, -0.2) is 14.6 Å². The van der Waals surface area contributed by atoms with Crippen molar-refractivity contribution in [3.63, 3.8) is 0 Å². The van der Waals surface area contributed by atoms with Crippen LogP contribution in [0.1, 0.15) is 41.6 Å². The van der Waals surface area contributed by atoms with Crippen LogP contribution in [0.25, 0.3) is 11.3 Å². The van der Waals surface area contributed by atoms with Gasteiger partial charge in [0.05, 0.1) is 18.0 Å². The summed E-state index contributed by atoms with van der Waals surface area (Å²) < 4.78 is 14.8. The first-order valence-corrected chi connectivity index (χ1v) is 18.1. The first-order chi connectivity index (χ1) is 18.3. The van der Waals surface area contributed by atoms with Gasteiger partial charge in [0.1, 0.15) is 18.1 Å². The summed E-state index contributed by atoms with van der Waals surface area (Å²) in [5.41, 5.74) is 5.80. The maximum Gasteiger partial charge on any atom is 0.224 e. The molecule has 9 heteroatoms. The Kier molecular flexibility index (Phi) is 5.96. The van der Waals surface area contributed by atoms with Crippen LogP contribution < -0.4 is 4.90 Å². The van der Waals surface area contributed by atoms with Crippen molar-refractivity contribution in [3.05, 3.63) is 58.1 Å². The summed E-state index contributed by atoms with van der Waals surface area (Å²) in [5, 5.41) is 5.29. The van der Waals surface area contributed by atoms with Gasteiger partial charge in [0, 0.05) is 57.1 Å². The highest BCUT2D eigenvalue weighted by molar-refractivity contribution is 6.76. The molecule has 1 unspecified atom stereocenters. The van der Waals surface area contributed by atoms with Crippen molar-refractivity contribution in [2.75, 3.05) is 24.6 Å². The molecule has 7 rings (SSSR count). The summed E-state index contributed by atoms with van der Waals surface area (Å²) in [6.07, 6.45) is 6.73. The Bertz CT molecular complexity index is 1380. The monoisotopic (exact) mass is 549 g/mol. The minimum atomic E-state index is -1.14. The maximum atomic E-state index is 6.89.